The molecule has 0 unspecified atom stereocenters. The van der Waals surface area contributed by atoms with Gasteiger partial charge in [0.15, 0.2) is 23.7 Å². The number of fused-ring (bicyclic) bond motifs is 1. The van der Waals surface area contributed by atoms with Crippen LogP contribution in [0, 0.1) is 0 Å². The van der Waals surface area contributed by atoms with Crippen LogP contribution in [0.1, 0.15) is 48.7 Å². The lowest BCUT2D eigenvalue weighted by Crippen LogP contribution is -2.30. The van der Waals surface area contributed by atoms with Crippen molar-refractivity contribution in [1.29, 1.82) is 0 Å². The standard InChI is InChI=1S/C17H22O7/c1-4-6-7-23-13-8-10-11(9-12(13)21-3)16(19)24-15(10)14(18)17(20)22-5-2/h8-9,14-15,18H,4-7H2,1-3H3/t14-,15+/m0/s1. The average molecular weight is 338 g/mol. The van der Waals surface area contributed by atoms with Gasteiger partial charge in [0.1, 0.15) is 0 Å². The second-order valence-corrected chi connectivity index (χ2v) is 5.32. The number of unbranched alkanes of at least 4 members (excludes halogenated alkanes) is 1. The number of carbonyl (C=O) groups is 2. The third-order valence-corrected chi connectivity index (χ3v) is 3.67. The molecule has 1 aliphatic rings. The summed E-state index contributed by atoms with van der Waals surface area (Å²) in [7, 11) is 1.47. The molecule has 2 atom stereocenters. The largest absolute Gasteiger partial charge is 0.493 e. The lowest BCUT2D eigenvalue weighted by Gasteiger charge is -2.17. The van der Waals surface area contributed by atoms with Crippen LogP contribution in [0.4, 0.5) is 0 Å². The molecule has 24 heavy (non-hydrogen) atoms. The first-order chi connectivity index (χ1) is 11.5. The fourth-order valence-electron chi connectivity index (χ4n) is 2.41. The van der Waals surface area contributed by atoms with Gasteiger partial charge >= 0.3 is 11.9 Å². The van der Waals surface area contributed by atoms with Crippen molar-refractivity contribution >= 4 is 11.9 Å². The second kappa shape index (κ2) is 8.01. The fourth-order valence-corrected chi connectivity index (χ4v) is 2.41. The van der Waals surface area contributed by atoms with Gasteiger partial charge in [-0.1, -0.05) is 13.3 Å². The van der Waals surface area contributed by atoms with E-state index in [2.05, 4.69) is 0 Å². The lowest BCUT2D eigenvalue weighted by atomic mass is 10.0. The first kappa shape index (κ1) is 18.1. The van der Waals surface area contributed by atoms with Crippen LogP contribution in [0.2, 0.25) is 0 Å². The number of ether oxygens (including phenoxy) is 4. The van der Waals surface area contributed by atoms with E-state index < -0.39 is 24.1 Å². The highest BCUT2D eigenvalue weighted by molar-refractivity contribution is 5.96. The highest BCUT2D eigenvalue weighted by Crippen LogP contribution is 2.40. The summed E-state index contributed by atoms with van der Waals surface area (Å²) in [6, 6.07) is 3.07. The van der Waals surface area contributed by atoms with Crippen molar-refractivity contribution < 1.29 is 33.6 Å². The van der Waals surface area contributed by atoms with Gasteiger partial charge in [0.2, 0.25) is 0 Å². The Morgan fingerprint density at radius 2 is 2.08 bits per heavy atom. The zero-order valence-electron chi connectivity index (χ0n) is 14.0. The molecule has 1 aromatic carbocycles. The molecule has 0 fully saturated rings. The molecule has 0 aliphatic carbocycles. The number of cyclic esters (lactones) is 1. The van der Waals surface area contributed by atoms with Crippen LogP contribution in [0.3, 0.4) is 0 Å². The third kappa shape index (κ3) is 3.62. The molecular formula is C17H22O7. The molecule has 1 heterocycles. The van der Waals surface area contributed by atoms with E-state index in [0.29, 0.717) is 23.7 Å². The van der Waals surface area contributed by atoms with Gasteiger partial charge in [-0.3, -0.25) is 0 Å². The van der Waals surface area contributed by atoms with E-state index in [1.807, 2.05) is 6.92 Å². The summed E-state index contributed by atoms with van der Waals surface area (Å²) in [6.45, 7) is 4.29. The first-order valence-corrected chi connectivity index (χ1v) is 7.93. The number of hydrogen-bond donors (Lipinski definition) is 1. The van der Waals surface area contributed by atoms with Gasteiger partial charge < -0.3 is 24.1 Å². The highest BCUT2D eigenvalue weighted by atomic mass is 16.6. The number of hydrogen-bond acceptors (Lipinski definition) is 7. The van der Waals surface area contributed by atoms with Gasteiger partial charge in [0, 0.05) is 5.56 Å². The van der Waals surface area contributed by atoms with Crippen LogP contribution in [-0.2, 0) is 14.3 Å². The number of esters is 2. The lowest BCUT2D eigenvalue weighted by molar-refractivity contribution is -0.159. The molecule has 1 aliphatic heterocycles. The van der Waals surface area contributed by atoms with Crippen molar-refractivity contribution in [3.05, 3.63) is 23.3 Å². The molecule has 0 aromatic heterocycles. The Morgan fingerprint density at radius 3 is 2.71 bits per heavy atom. The quantitative estimate of drug-likeness (QED) is 0.572. The summed E-state index contributed by atoms with van der Waals surface area (Å²) >= 11 is 0. The smallest absolute Gasteiger partial charge is 0.339 e. The topological polar surface area (TPSA) is 91.3 Å². The molecule has 0 spiro atoms. The number of aliphatic hydroxyl groups excluding tert-OH is 1. The molecule has 2 rings (SSSR count). The number of methoxy groups -OCH3 is 1. The van der Waals surface area contributed by atoms with Crippen LogP contribution in [-0.4, -0.2) is 43.5 Å². The van der Waals surface area contributed by atoms with E-state index >= 15 is 0 Å². The van der Waals surface area contributed by atoms with Crippen LogP contribution >= 0.6 is 0 Å². The molecule has 0 amide bonds. The normalized spacial score (nSPS) is 17.0. The zero-order chi connectivity index (χ0) is 17.7. The minimum atomic E-state index is -1.59. The minimum absolute atomic E-state index is 0.122. The molecule has 7 nitrogen and oxygen atoms in total. The molecule has 1 N–H and O–H groups in total. The number of rotatable bonds is 8. The predicted octanol–water partition coefficient (Wildman–Crippen LogP) is 2.01. The van der Waals surface area contributed by atoms with Crippen LogP contribution < -0.4 is 9.47 Å². The Labute approximate surface area is 140 Å². The first-order valence-electron chi connectivity index (χ1n) is 7.93. The van der Waals surface area contributed by atoms with Crippen molar-refractivity contribution in [2.75, 3.05) is 20.3 Å². The molecule has 0 saturated heterocycles. The summed E-state index contributed by atoms with van der Waals surface area (Å²) in [5, 5.41) is 10.1. The van der Waals surface area contributed by atoms with E-state index in [1.165, 1.54) is 13.2 Å². The van der Waals surface area contributed by atoms with Gasteiger partial charge in [-0.2, -0.15) is 0 Å². The highest BCUT2D eigenvalue weighted by Gasteiger charge is 2.41. The zero-order valence-corrected chi connectivity index (χ0v) is 14.0. The third-order valence-electron chi connectivity index (χ3n) is 3.67. The molecule has 1 aromatic rings. The monoisotopic (exact) mass is 338 g/mol. The maximum atomic E-state index is 12.0. The summed E-state index contributed by atoms with van der Waals surface area (Å²) in [5.74, 6) is -0.638. The Kier molecular flexibility index (Phi) is 6.03. The second-order valence-electron chi connectivity index (χ2n) is 5.32. The van der Waals surface area contributed by atoms with Crippen molar-refractivity contribution in [2.45, 2.75) is 38.9 Å². The molecular weight excluding hydrogens is 316 g/mol. The average Bonchev–Trinajstić information content (AvgIpc) is 2.90. The summed E-state index contributed by atoms with van der Waals surface area (Å²) in [4.78, 5) is 23.8. The van der Waals surface area contributed by atoms with Gasteiger partial charge in [0.05, 0.1) is 25.9 Å². The Hall–Kier alpha value is -2.28. The van der Waals surface area contributed by atoms with Crippen LogP contribution in [0.5, 0.6) is 11.5 Å². The van der Waals surface area contributed by atoms with Crippen LogP contribution in [0.15, 0.2) is 12.1 Å². The van der Waals surface area contributed by atoms with E-state index in [9.17, 15) is 14.7 Å². The molecule has 7 heteroatoms. The number of carbonyl (C=O) groups excluding carboxylic acids is 2. The molecule has 132 valence electrons. The maximum absolute atomic E-state index is 12.0. The van der Waals surface area contributed by atoms with Gasteiger partial charge in [-0.25, -0.2) is 9.59 Å². The van der Waals surface area contributed by atoms with Gasteiger partial charge in [0.25, 0.3) is 0 Å². The summed E-state index contributed by atoms with van der Waals surface area (Å²) in [5.41, 5.74) is 0.621. The van der Waals surface area contributed by atoms with E-state index in [0.717, 1.165) is 12.8 Å². The van der Waals surface area contributed by atoms with Gasteiger partial charge in [-0.15, -0.1) is 0 Å². The molecule has 0 saturated carbocycles. The summed E-state index contributed by atoms with van der Waals surface area (Å²) in [6.07, 6.45) is -0.873. The number of benzene rings is 1. The van der Waals surface area contributed by atoms with Crippen molar-refractivity contribution in [1.82, 2.24) is 0 Å². The summed E-state index contributed by atoms with van der Waals surface area (Å²) < 4.78 is 20.8. The Balaban J connectivity index is 2.32. The van der Waals surface area contributed by atoms with Crippen molar-refractivity contribution in [2.24, 2.45) is 0 Å². The van der Waals surface area contributed by atoms with E-state index in [4.69, 9.17) is 18.9 Å². The number of aliphatic hydroxyl groups is 1. The maximum Gasteiger partial charge on any atom is 0.339 e. The van der Waals surface area contributed by atoms with Crippen molar-refractivity contribution in [3.8, 4) is 11.5 Å². The predicted molar refractivity (Wildman–Crippen MR) is 84.2 cm³/mol. The SMILES string of the molecule is CCCCOc1cc2c(cc1OC)C(=O)O[C@H]2[C@H](O)C(=O)OCC. The van der Waals surface area contributed by atoms with Crippen molar-refractivity contribution in [3.63, 3.8) is 0 Å². The fraction of sp³-hybridized carbons (Fsp3) is 0.529. The Morgan fingerprint density at radius 1 is 1.33 bits per heavy atom. The molecule has 0 bridgehead atoms. The van der Waals surface area contributed by atoms with Gasteiger partial charge in [-0.05, 0) is 25.5 Å². The van der Waals surface area contributed by atoms with E-state index in [1.54, 1.807) is 13.0 Å². The molecule has 0 radical (unpaired) electrons. The van der Waals surface area contributed by atoms with E-state index in [-0.39, 0.29) is 12.2 Å². The van der Waals surface area contributed by atoms with Crippen LogP contribution in [0.25, 0.3) is 0 Å². The minimum Gasteiger partial charge on any atom is -0.493 e. The Bertz CT molecular complexity index is 611.